The van der Waals surface area contributed by atoms with E-state index in [-0.39, 0.29) is 11.4 Å². The highest BCUT2D eigenvalue weighted by atomic mass is 32.2. The Hall–Kier alpha value is -1.99. The third kappa shape index (κ3) is 3.73. The van der Waals surface area contributed by atoms with Crippen LogP contribution in [0.4, 0.5) is 11.5 Å². The number of aromatic amines is 1. The molecule has 0 bridgehead atoms. The molecule has 7 heteroatoms. The van der Waals surface area contributed by atoms with E-state index in [1.54, 1.807) is 24.3 Å². The summed E-state index contributed by atoms with van der Waals surface area (Å²) in [7, 11) is 0. The van der Waals surface area contributed by atoms with Crippen molar-refractivity contribution in [3.8, 4) is 0 Å². The van der Waals surface area contributed by atoms with Gasteiger partial charge in [-0.2, -0.15) is 0 Å². The van der Waals surface area contributed by atoms with E-state index in [1.165, 1.54) is 17.8 Å². The van der Waals surface area contributed by atoms with Gasteiger partial charge in [0, 0.05) is 17.5 Å². The third-order valence-corrected chi connectivity index (χ3v) is 3.39. The van der Waals surface area contributed by atoms with Crippen molar-refractivity contribution >= 4 is 23.3 Å². The number of anilines is 2. The lowest BCUT2D eigenvalue weighted by atomic mass is 10.1. The Morgan fingerprint density at radius 2 is 2.00 bits per heavy atom. The van der Waals surface area contributed by atoms with Crippen molar-refractivity contribution in [3.05, 3.63) is 46.2 Å². The predicted molar refractivity (Wildman–Crippen MR) is 75.8 cm³/mol. The fourth-order valence-corrected chi connectivity index (χ4v) is 2.34. The molecule has 6 N–H and O–H groups in total. The molecule has 0 radical (unpaired) electrons. The lowest BCUT2D eigenvalue weighted by Gasteiger charge is -2.10. The average Bonchev–Trinajstić information content (AvgIpc) is 2.36. The summed E-state index contributed by atoms with van der Waals surface area (Å²) < 4.78 is 0. The van der Waals surface area contributed by atoms with Crippen molar-refractivity contribution in [2.24, 2.45) is 0 Å². The fourth-order valence-electron chi connectivity index (χ4n) is 1.49. The van der Waals surface area contributed by atoms with Crippen LogP contribution in [0.5, 0.6) is 0 Å². The fraction of sp³-hybridized carbons (Fsp3) is 0.167. The lowest BCUT2D eigenvalue weighted by Crippen LogP contribution is -2.10. The Labute approximate surface area is 113 Å². The summed E-state index contributed by atoms with van der Waals surface area (Å²) in [6.45, 7) is 0. The zero-order valence-corrected chi connectivity index (χ0v) is 10.9. The summed E-state index contributed by atoms with van der Waals surface area (Å²) in [6, 6.07) is 8.18. The number of rotatable bonds is 4. The highest BCUT2D eigenvalue weighted by Crippen LogP contribution is 2.22. The molecule has 0 aliphatic heterocycles. The predicted octanol–water partition coefficient (Wildman–Crippen LogP) is 0.760. The van der Waals surface area contributed by atoms with Gasteiger partial charge in [0.15, 0.2) is 5.16 Å². The van der Waals surface area contributed by atoms with Gasteiger partial charge in [-0.25, -0.2) is 4.98 Å². The normalized spacial score (nSPS) is 12.3. The monoisotopic (exact) mass is 278 g/mol. The number of hydrogen-bond donors (Lipinski definition) is 4. The van der Waals surface area contributed by atoms with Crippen LogP contribution in [-0.2, 0) is 0 Å². The van der Waals surface area contributed by atoms with Gasteiger partial charge in [-0.3, -0.25) is 4.79 Å². The van der Waals surface area contributed by atoms with Crippen LogP contribution >= 0.6 is 11.8 Å². The van der Waals surface area contributed by atoms with Crippen LogP contribution < -0.4 is 17.0 Å². The van der Waals surface area contributed by atoms with Gasteiger partial charge in [-0.15, -0.1) is 0 Å². The molecule has 1 atom stereocenters. The summed E-state index contributed by atoms with van der Waals surface area (Å²) in [6.07, 6.45) is -0.669. The van der Waals surface area contributed by atoms with E-state index in [2.05, 4.69) is 9.97 Å². The largest absolute Gasteiger partial charge is 0.399 e. The molecule has 0 amide bonds. The van der Waals surface area contributed by atoms with Crippen LogP contribution in [0.2, 0.25) is 0 Å². The average molecular weight is 278 g/mol. The van der Waals surface area contributed by atoms with Crippen molar-refractivity contribution in [1.82, 2.24) is 9.97 Å². The summed E-state index contributed by atoms with van der Waals surface area (Å²) >= 11 is 1.23. The number of nitrogens with one attached hydrogen (secondary N) is 1. The van der Waals surface area contributed by atoms with E-state index in [0.29, 0.717) is 16.6 Å². The van der Waals surface area contributed by atoms with Crippen molar-refractivity contribution < 1.29 is 5.11 Å². The molecule has 0 spiro atoms. The molecule has 0 aliphatic carbocycles. The molecule has 1 heterocycles. The van der Waals surface area contributed by atoms with E-state index in [4.69, 9.17) is 11.5 Å². The van der Waals surface area contributed by atoms with Gasteiger partial charge >= 0.3 is 0 Å². The molecule has 0 fully saturated rings. The number of nitrogens with zero attached hydrogens (tertiary/aromatic N) is 1. The molecule has 19 heavy (non-hydrogen) atoms. The van der Waals surface area contributed by atoms with Crippen molar-refractivity contribution in [3.63, 3.8) is 0 Å². The van der Waals surface area contributed by atoms with Crippen LogP contribution in [-0.4, -0.2) is 20.8 Å². The lowest BCUT2D eigenvalue weighted by molar-refractivity contribution is 0.204. The van der Waals surface area contributed by atoms with E-state index in [0.717, 1.165) is 5.56 Å². The number of hydrogen-bond acceptors (Lipinski definition) is 6. The van der Waals surface area contributed by atoms with Crippen LogP contribution in [0.3, 0.4) is 0 Å². The molecule has 1 unspecified atom stereocenters. The van der Waals surface area contributed by atoms with E-state index >= 15 is 0 Å². The topological polar surface area (TPSA) is 118 Å². The van der Waals surface area contributed by atoms with Gasteiger partial charge in [0.2, 0.25) is 0 Å². The van der Waals surface area contributed by atoms with Crippen LogP contribution in [0.1, 0.15) is 11.7 Å². The maximum absolute atomic E-state index is 11.2. The number of H-pyrrole nitrogens is 1. The van der Waals surface area contributed by atoms with Gasteiger partial charge < -0.3 is 21.6 Å². The first-order valence-corrected chi connectivity index (χ1v) is 6.56. The molecule has 1 aromatic carbocycles. The molecule has 0 saturated heterocycles. The minimum Gasteiger partial charge on any atom is -0.399 e. The highest BCUT2D eigenvalue weighted by Gasteiger charge is 2.09. The Kier molecular flexibility index (Phi) is 4.08. The van der Waals surface area contributed by atoms with Crippen molar-refractivity contribution in [2.45, 2.75) is 11.3 Å². The minimum atomic E-state index is -0.669. The molecular weight excluding hydrogens is 264 g/mol. The Bertz CT molecular complexity index is 612. The quantitative estimate of drug-likeness (QED) is 0.372. The molecule has 2 rings (SSSR count). The highest BCUT2D eigenvalue weighted by molar-refractivity contribution is 7.99. The summed E-state index contributed by atoms with van der Waals surface area (Å²) in [5.74, 6) is 0.518. The van der Waals surface area contributed by atoms with Crippen LogP contribution in [0, 0.1) is 0 Å². The second kappa shape index (κ2) is 5.77. The van der Waals surface area contributed by atoms with Gasteiger partial charge in [0.05, 0.1) is 6.10 Å². The standard InChI is InChI=1S/C12H14N4O2S/c13-8-3-1-7(2-4-8)9(17)6-19-12-15-10(14)5-11(18)16-12/h1-5,9,17H,6,13H2,(H3,14,15,16,18). The number of thioether (sulfide) groups is 1. The third-order valence-electron chi connectivity index (χ3n) is 2.44. The smallest absolute Gasteiger partial charge is 0.253 e. The van der Waals surface area contributed by atoms with Gasteiger partial charge in [0.25, 0.3) is 5.56 Å². The van der Waals surface area contributed by atoms with Gasteiger partial charge in [0.1, 0.15) is 5.82 Å². The summed E-state index contributed by atoms with van der Waals surface area (Å²) in [5, 5.41) is 10.4. The van der Waals surface area contributed by atoms with Gasteiger partial charge in [-0.05, 0) is 17.7 Å². The molecular formula is C12H14N4O2S. The molecule has 2 aromatic rings. The second-order valence-corrected chi connectivity index (χ2v) is 4.98. The first-order valence-electron chi connectivity index (χ1n) is 5.58. The number of nitrogens with two attached hydrogens (primary N) is 2. The molecule has 1 aromatic heterocycles. The molecule has 100 valence electrons. The number of aromatic nitrogens is 2. The Balaban J connectivity index is 2.01. The number of nitrogen functional groups attached to an aromatic ring is 2. The molecule has 0 aliphatic rings. The van der Waals surface area contributed by atoms with Crippen LogP contribution in [0.25, 0.3) is 0 Å². The number of benzene rings is 1. The number of aliphatic hydroxyl groups is 1. The van der Waals surface area contributed by atoms with Crippen molar-refractivity contribution in [2.75, 3.05) is 17.2 Å². The van der Waals surface area contributed by atoms with E-state index in [1.807, 2.05) is 0 Å². The maximum Gasteiger partial charge on any atom is 0.253 e. The number of aliphatic hydroxyl groups excluding tert-OH is 1. The molecule has 6 nitrogen and oxygen atoms in total. The maximum atomic E-state index is 11.2. The zero-order chi connectivity index (χ0) is 13.8. The SMILES string of the molecule is Nc1ccc(C(O)CSc2nc(N)cc(=O)[nH]2)cc1. The van der Waals surface area contributed by atoms with Crippen LogP contribution in [0.15, 0.2) is 40.3 Å². The van der Waals surface area contributed by atoms with E-state index < -0.39 is 6.10 Å². The van der Waals surface area contributed by atoms with Crippen molar-refractivity contribution in [1.29, 1.82) is 0 Å². The first-order chi connectivity index (χ1) is 9.04. The van der Waals surface area contributed by atoms with Gasteiger partial charge in [-0.1, -0.05) is 23.9 Å². The Morgan fingerprint density at radius 1 is 1.32 bits per heavy atom. The Morgan fingerprint density at radius 3 is 2.63 bits per heavy atom. The minimum absolute atomic E-state index is 0.160. The van der Waals surface area contributed by atoms with E-state index in [9.17, 15) is 9.90 Å². The zero-order valence-electron chi connectivity index (χ0n) is 10.0. The summed E-state index contributed by atoms with van der Waals surface area (Å²) in [5.41, 5.74) is 12.1. The molecule has 0 saturated carbocycles. The first kappa shape index (κ1) is 13.4. The second-order valence-electron chi connectivity index (χ2n) is 3.97. The summed E-state index contributed by atoms with van der Waals surface area (Å²) in [4.78, 5) is 17.7.